The van der Waals surface area contributed by atoms with Crippen molar-refractivity contribution in [3.05, 3.63) is 41.8 Å². The minimum atomic E-state index is -0.609. The molecule has 0 aliphatic carbocycles. The third kappa shape index (κ3) is 2.85. The van der Waals surface area contributed by atoms with Crippen molar-refractivity contribution in [2.24, 2.45) is 7.05 Å². The van der Waals surface area contributed by atoms with Crippen molar-refractivity contribution in [3.8, 4) is 11.5 Å². The Balaban J connectivity index is 2.02. The summed E-state index contributed by atoms with van der Waals surface area (Å²) < 4.78 is 22.3. The maximum Gasteiger partial charge on any atom is 0.340 e. The van der Waals surface area contributed by atoms with E-state index in [4.69, 9.17) is 18.6 Å². The first-order valence-corrected chi connectivity index (χ1v) is 7.68. The number of amides is 1. The van der Waals surface area contributed by atoms with Gasteiger partial charge in [-0.2, -0.15) is 0 Å². The molecule has 1 N–H and O–H groups in total. The molecule has 0 atom stereocenters. The Morgan fingerprint density at radius 2 is 1.77 bits per heavy atom. The number of aryl methyl sites for hydroxylation is 1. The average Bonchev–Trinajstić information content (AvgIpc) is 3.23. The van der Waals surface area contributed by atoms with Gasteiger partial charge in [0, 0.05) is 31.3 Å². The number of hydrogen-bond acceptors (Lipinski definition) is 6. The molecule has 1 amide bonds. The molecule has 0 unspecified atom stereocenters. The Kier molecular flexibility index (Phi) is 4.57. The van der Waals surface area contributed by atoms with E-state index < -0.39 is 11.9 Å². The van der Waals surface area contributed by atoms with Gasteiger partial charge < -0.3 is 28.5 Å². The summed E-state index contributed by atoms with van der Waals surface area (Å²) in [6.07, 6.45) is 1.55. The van der Waals surface area contributed by atoms with E-state index in [1.54, 1.807) is 30.0 Å². The van der Waals surface area contributed by atoms with E-state index >= 15 is 0 Å². The second kappa shape index (κ2) is 6.83. The van der Waals surface area contributed by atoms with E-state index in [1.807, 2.05) is 0 Å². The number of ether oxygens (including phenoxy) is 3. The number of fused-ring (bicyclic) bond motifs is 1. The largest absolute Gasteiger partial charge is 0.493 e. The maximum absolute atomic E-state index is 12.7. The summed E-state index contributed by atoms with van der Waals surface area (Å²) in [5.41, 5.74) is 2.16. The molecule has 0 aliphatic heterocycles. The lowest BCUT2D eigenvalue weighted by Gasteiger charge is -2.14. The monoisotopic (exact) mass is 358 g/mol. The Bertz CT molecular complexity index is 985. The molecule has 0 saturated carbocycles. The van der Waals surface area contributed by atoms with Gasteiger partial charge in [-0.25, -0.2) is 4.79 Å². The quantitative estimate of drug-likeness (QED) is 0.705. The van der Waals surface area contributed by atoms with Crippen LogP contribution >= 0.6 is 0 Å². The normalized spacial score (nSPS) is 10.6. The molecule has 3 aromatic rings. The first-order chi connectivity index (χ1) is 12.5. The van der Waals surface area contributed by atoms with Crippen molar-refractivity contribution in [3.63, 3.8) is 0 Å². The third-order valence-electron chi connectivity index (χ3n) is 4.07. The molecule has 2 heterocycles. The van der Waals surface area contributed by atoms with Crippen LogP contribution in [0.15, 0.2) is 34.9 Å². The van der Waals surface area contributed by atoms with Gasteiger partial charge in [0.15, 0.2) is 17.1 Å². The number of benzene rings is 1. The van der Waals surface area contributed by atoms with Gasteiger partial charge in [-0.3, -0.25) is 4.79 Å². The zero-order valence-corrected chi connectivity index (χ0v) is 14.8. The molecule has 0 spiro atoms. The molecule has 3 rings (SSSR count). The lowest BCUT2D eigenvalue weighted by Crippen LogP contribution is -2.18. The van der Waals surface area contributed by atoms with Crippen molar-refractivity contribution in [2.75, 3.05) is 26.6 Å². The van der Waals surface area contributed by atoms with Gasteiger partial charge in [0.25, 0.3) is 5.91 Å². The van der Waals surface area contributed by atoms with Crippen LogP contribution < -0.4 is 14.8 Å². The lowest BCUT2D eigenvalue weighted by molar-refractivity contribution is 0.0601. The number of furan rings is 1. The predicted octanol–water partition coefficient (Wildman–Crippen LogP) is 2.83. The summed E-state index contributed by atoms with van der Waals surface area (Å²) in [5, 5.41) is 2.72. The smallest absolute Gasteiger partial charge is 0.340 e. The number of carbonyl (C=O) groups is 2. The van der Waals surface area contributed by atoms with Crippen LogP contribution in [0.5, 0.6) is 11.5 Å². The van der Waals surface area contributed by atoms with Crippen LogP contribution in [-0.4, -0.2) is 37.8 Å². The third-order valence-corrected chi connectivity index (χ3v) is 4.07. The number of aromatic nitrogens is 1. The second-order valence-electron chi connectivity index (χ2n) is 5.46. The molecule has 8 heteroatoms. The highest BCUT2D eigenvalue weighted by Crippen LogP contribution is 2.34. The molecular weight excluding hydrogens is 340 g/mol. The number of anilines is 1. The number of methoxy groups -OCH3 is 3. The van der Waals surface area contributed by atoms with Crippen molar-refractivity contribution in [1.29, 1.82) is 0 Å². The van der Waals surface area contributed by atoms with E-state index in [9.17, 15) is 9.59 Å². The number of rotatable bonds is 5. The predicted molar refractivity (Wildman–Crippen MR) is 94.0 cm³/mol. The number of nitrogens with zero attached hydrogens (tertiary/aromatic N) is 1. The van der Waals surface area contributed by atoms with Crippen molar-refractivity contribution < 1.29 is 28.2 Å². The molecule has 0 saturated heterocycles. The summed E-state index contributed by atoms with van der Waals surface area (Å²) >= 11 is 0. The second-order valence-corrected chi connectivity index (χ2v) is 5.46. The molecule has 0 fully saturated rings. The van der Waals surface area contributed by atoms with Crippen LogP contribution in [0.2, 0.25) is 0 Å². The van der Waals surface area contributed by atoms with Crippen LogP contribution in [0.4, 0.5) is 5.69 Å². The van der Waals surface area contributed by atoms with E-state index in [0.29, 0.717) is 22.8 Å². The van der Waals surface area contributed by atoms with Crippen LogP contribution in [0.25, 0.3) is 11.1 Å². The molecule has 26 heavy (non-hydrogen) atoms. The SMILES string of the molecule is COC(=O)c1cc(OC)c(OC)cc1NC(=O)c1cc2occc2n1C. The van der Waals surface area contributed by atoms with E-state index in [2.05, 4.69) is 5.32 Å². The Hall–Kier alpha value is -3.42. The Labute approximate surface area is 149 Å². The van der Waals surface area contributed by atoms with Crippen LogP contribution in [0.1, 0.15) is 20.8 Å². The van der Waals surface area contributed by atoms with Gasteiger partial charge in [0.05, 0.1) is 44.4 Å². The topological polar surface area (TPSA) is 91.9 Å². The maximum atomic E-state index is 12.7. The highest BCUT2D eigenvalue weighted by atomic mass is 16.5. The van der Waals surface area contributed by atoms with Gasteiger partial charge in [0.1, 0.15) is 5.69 Å². The average molecular weight is 358 g/mol. The van der Waals surface area contributed by atoms with Gasteiger partial charge in [-0.15, -0.1) is 0 Å². The lowest BCUT2D eigenvalue weighted by atomic mass is 10.1. The molecule has 0 radical (unpaired) electrons. The number of esters is 1. The van der Waals surface area contributed by atoms with Crippen molar-refractivity contribution in [2.45, 2.75) is 0 Å². The van der Waals surface area contributed by atoms with Crippen molar-refractivity contribution in [1.82, 2.24) is 4.57 Å². The highest BCUT2D eigenvalue weighted by Gasteiger charge is 2.21. The van der Waals surface area contributed by atoms with Gasteiger partial charge >= 0.3 is 5.97 Å². The molecule has 136 valence electrons. The molecule has 0 aliphatic rings. The fraction of sp³-hybridized carbons (Fsp3) is 0.222. The zero-order valence-electron chi connectivity index (χ0n) is 14.8. The van der Waals surface area contributed by atoms with Gasteiger partial charge in [-0.1, -0.05) is 0 Å². The molecule has 2 aromatic heterocycles. The minimum Gasteiger partial charge on any atom is -0.493 e. The molecular formula is C18H18N2O6. The number of carbonyl (C=O) groups excluding carboxylic acids is 2. The fourth-order valence-corrected chi connectivity index (χ4v) is 2.72. The van der Waals surface area contributed by atoms with Crippen LogP contribution in [0.3, 0.4) is 0 Å². The Morgan fingerprint density at radius 1 is 1.08 bits per heavy atom. The van der Waals surface area contributed by atoms with Gasteiger partial charge in [-0.05, 0) is 0 Å². The van der Waals surface area contributed by atoms with Crippen molar-refractivity contribution >= 4 is 28.7 Å². The van der Waals surface area contributed by atoms with Gasteiger partial charge in [0.2, 0.25) is 0 Å². The first-order valence-electron chi connectivity index (χ1n) is 7.68. The number of hydrogen-bond donors (Lipinski definition) is 1. The fourth-order valence-electron chi connectivity index (χ4n) is 2.72. The molecule has 0 bridgehead atoms. The Morgan fingerprint density at radius 3 is 2.38 bits per heavy atom. The van der Waals surface area contributed by atoms with E-state index in [0.717, 1.165) is 5.52 Å². The summed E-state index contributed by atoms with van der Waals surface area (Å²) in [6, 6.07) is 6.36. The summed E-state index contributed by atoms with van der Waals surface area (Å²) in [4.78, 5) is 24.8. The minimum absolute atomic E-state index is 0.149. The van der Waals surface area contributed by atoms with E-state index in [1.165, 1.54) is 33.5 Å². The standard InChI is InChI=1S/C18H18N2O6/c1-20-12-5-6-26-14(12)9-13(20)17(21)19-11-8-16(24-3)15(23-2)7-10(11)18(22)25-4/h5-9H,1-4H3,(H,19,21). The van der Waals surface area contributed by atoms with Crippen LogP contribution in [0, 0.1) is 0 Å². The van der Waals surface area contributed by atoms with E-state index in [-0.39, 0.29) is 11.3 Å². The molecule has 8 nitrogen and oxygen atoms in total. The summed E-state index contributed by atoms with van der Waals surface area (Å²) in [7, 11) is 5.93. The van der Waals surface area contributed by atoms with Crippen LogP contribution in [-0.2, 0) is 11.8 Å². The molecule has 1 aromatic carbocycles. The summed E-state index contributed by atoms with van der Waals surface area (Å²) in [5.74, 6) is -0.295. The summed E-state index contributed by atoms with van der Waals surface area (Å²) in [6.45, 7) is 0. The highest BCUT2D eigenvalue weighted by molar-refractivity contribution is 6.09. The zero-order chi connectivity index (χ0) is 18.8. The first kappa shape index (κ1) is 17.4. The number of nitrogens with one attached hydrogen (secondary N) is 1.